The van der Waals surface area contributed by atoms with Gasteiger partial charge in [0.15, 0.2) is 0 Å². The van der Waals surface area contributed by atoms with E-state index in [0.717, 1.165) is 18.8 Å². The lowest BCUT2D eigenvalue weighted by atomic mass is 10.1. The van der Waals surface area contributed by atoms with E-state index in [0.29, 0.717) is 17.8 Å². The van der Waals surface area contributed by atoms with Gasteiger partial charge in [-0.05, 0) is 38.0 Å². The van der Waals surface area contributed by atoms with Crippen molar-refractivity contribution in [3.8, 4) is 0 Å². The van der Waals surface area contributed by atoms with Gasteiger partial charge in [-0.15, -0.1) is 0 Å². The molecule has 1 aliphatic heterocycles. The highest BCUT2D eigenvalue weighted by molar-refractivity contribution is 6.00. The number of hydrogen-bond donors (Lipinski definition) is 2. The molecule has 0 bridgehead atoms. The summed E-state index contributed by atoms with van der Waals surface area (Å²) in [7, 11) is 0. The summed E-state index contributed by atoms with van der Waals surface area (Å²) >= 11 is 0. The summed E-state index contributed by atoms with van der Waals surface area (Å²) in [6.45, 7) is 4.66. The molecule has 0 aliphatic carbocycles. The van der Waals surface area contributed by atoms with Crippen LogP contribution in [0.25, 0.3) is 0 Å². The first kappa shape index (κ1) is 13.7. The summed E-state index contributed by atoms with van der Waals surface area (Å²) in [5.41, 5.74) is 8.14. The molecule has 3 N–H and O–H groups in total. The average molecular weight is 261 g/mol. The molecule has 0 spiro atoms. The molecule has 1 fully saturated rings. The highest BCUT2D eigenvalue weighted by Crippen LogP contribution is 2.24. The minimum atomic E-state index is -0.0864. The van der Waals surface area contributed by atoms with Gasteiger partial charge in [-0.2, -0.15) is 0 Å². The van der Waals surface area contributed by atoms with Crippen molar-refractivity contribution in [2.45, 2.75) is 32.6 Å². The number of nitrogen functional groups attached to an aromatic ring is 1. The maximum Gasteiger partial charge on any atom is 0.253 e. The van der Waals surface area contributed by atoms with E-state index in [2.05, 4.69) is 10.2 Å². The Morgan fingerprint density at radius 1 is 1.26 bits per heavy atom. The Bertz CT molecular complexity index is 437. The maximum absolute atomic E-state index is 12.0. The summed E-state index contributed by atoms with van der Waals surface area (Å²) < 4.78 is 0. The van der Waals surface area contributed by atoms with Gasteiger partial charge in [0.1, 0.15) is 0 Å². The molecule has 0 atom stereocenters. The number of rotatable bonds is 3. The van der Waals surface area contributed by atoms with Crippen molar-refractivity contribution in [2.75, 3.05) is 30.3 Å². The zero-order chi connectivity index (χ0) is 13.7. The second-order valence-electron chi connectivity index (χ2n) is 5.03. The van der Waals surface area contributed by atoms with Gasteiger partial charge < -0.3 is 16.0 Å². The molecular weight excluding hydrogens is 238 g/mol. The Morgan fingerprint density at radius 2 is 1.95 bits per heavy atom. The van der Waals surface area contributed by atoms with E-state index in [-0.39, 0.29) is 5.91 Å². The van der Waals surface area contributed by atoms with Gasteiger partial charge in [0, 0.05) is 31.0 Å². The number of nitrogens with zero attached hydrogens (tertiary/aromatic N) is 1. The van der Waals surface area contributed by atoms with Crippen LogP contribution in [0, 0.1) is 0 Å². The van der Waals surface area contributed by atoms with Crippen molar-refractivity contribution in [3.63, 3.8) is 0 Å². The van der Waals surface area contributed by atoms with Gasteiger partial charge in [0.25, 0.3) is 5.91 Å². The lowest BCUT2D eigenvalue weighted by Crippen LogP contribution is -2.26. The van der Waals surface area contributed by atoms with Crippen molar-refractivity contribution in [1.82, 2.24) is 5.32 Å². The molecule has 0 unspecified atom stereocenters. The molecule has 2 rings (SSSR count). The molecule has 19 heavy (non-hydrogen) atoms. The molecule has 1 aromatic rings. The van der Waals surface area contributed by atoms with Crippen molar-refractivity contribution < 1.29 is 4.79 Å². The highest BCUT2D eigenvalue weighted by atomic mass is 16.1. The number of amides is 1. The molecule has 1 saturated heterocycles. The van der Waals surface area contributed by atoms with Crippen LogP contribution in [0.5, 0.6) is 0 Å². The van der Waals surface area contributed by atoms with Gasteiger partial charge in [0.05, 0.1) is 5.56 Å². The summed E-state index contributed by atoms with van der Waals surface area (Å²) in [5.74, 6) is -0.0864. The van der Waals surface area contributed by atoms with E-state index in [1.165, 1.54) is 25.7 Å². The molecule has 1 amide bonds. The largest absolute Gasteiger partial charge is 0.398 e. The SMILES string of the molecule is CCNC(=O)c1cc(N2CCCCCC2)ccc1N. The lowest BCUT2D eigenvalue weighted by molar-refractivity contribution is 0.0956. The fraction of sp³-hybridized carbons (Fsp3) is 0.533. The van der Waals surface area contributed by atoms with E-state index in [1.54, 1.807) is 0 Å². The quantitative estimate of drug-likeness (QED) is 0.821. The summed E-state index contributed by atoms with van der Waals surface area (Å²) in [4.78, 5) is 14.3. The van der Waals surface area contributed by atoms with Crippen LogP contribution in [0.3, 0.4) is 0 Å². The average Bonchev–Trinajstić information content (AvgIpc) is 2.68. The van der Waals surface area contributed by atoms with Gasteiger partial charge in [-0.25, -0.2) is 0 Å². The Balaban J connectivity index is 2.21. The normalized spacial score (nSPS) is 15.9. The number of benzene rings is 1. The van der Waals surface area contributed by atoms with Crippen LogP contribution >= 0.6 is 0 Å². The second kappa shape index (κ2) is 6.45. The zero-order valence-electron chi connectivity index (χ0n) is 11.6. The predicted molar refractivity (Wildman–Crippen MR) is 79.5 cm³/mol. The first-order valence-electron chi connectivity index (χ1n) is 7.15. The molecule has 4 nitrogen and oxygen atoms in total. The van der Waals surface area contributed by atoms with Crippen molar-refractivity contribution in [3.05, 3.63) is 23.8 Å². The van der Waals surface area contributed by atoms with Crippen LogP contribution in [0.15, 0.2) is 18.2 Å². The Kier molecular flexibility index (Phi) is 4.66. The van der Waals surface area contributed by atoms with Crippen LogP contribution < -0.4 is 16.0 Å². The third-order valence-electron chi connectivity index (χ3n) is 3.59. The summed E-state index contributed by atoms with van der Waals surface area (Å²) in [6, 6.07) is 5.78. The van der Waals surface area contributed by atoms with Crippen molar-refractivity contribution in [1.29, 1.82) is 0 Å². The standard InChI is InChI=1S/C15H23N3O/c1-2-17-15(19)13-11-12(7-8-14(13)16)18-9-5-3-4-6-10-18/h7-8,11H,2-6,9-10,16H2,1H3,(H,17,19). The first-order chi connectivity index (χ1) is 9.22. The van der Waals surface area contributed by atoms with E-state index in [9.17, 15) is 4.79 Å². The molecule has 0 saturated carbocycles. The molecular formula is C15H23N3O. The molecule has 1 aromatic carbocycles. The van der Waals surface area contributed by atoms with Crippen molar-refractivity contribution >= 4 is 17.3 Å². The molecule has 104 valence electrons. The molecule has 0 aromatic heterocycles. The first-order valence-corrected chi connectivity index (χ1v) is 7.15. The third-order valence-corrected chi connectivity index (χ3v) is 3.59. The number of anilines is 2. The highest BCUT2D eigenvalue weighted by Gasteiger charge is 2.14. The number of carbonyl (C=O) groups is 1. The fourth-order valence-corrected chi connectivity index (χ4v) is 2.52. The minimum absolute atomic E-state index is 0.0864. The second-order valence-corrected chi connectivity index (χ2v) is 5.03. The molecule has 4 heteroatoms. The van der Waals surface area contributed by atoms with Crippen LogP contribution in [0.1, 0.15) is 43.0 Å². The smallest absolute Gasteiger partial charge is 0.253 e. The van der Waals surface area contributed by atoms with Crippen LogP contribution in [0.4, 0.5) is 11.4 Å². The minimum Gasteiger partial charge on any atom is -0.398 e. The van der Waals surface area contributed by atoms with E-state index < -0.39 is 0 Å². The Labute approximate surface area is 115 Å². The number of hydrogen-bond acceptors (Lipinski definition) is 3. The van der Waals surface area contributed by atoms with Gasteiger partial charge in [-0.1, -0.05) is 12.8 Å². The summed E-state index contributed by atoms with van der Waals surface area (Å²) in [5, 5.41) is 2.81. The van der Waals surface area contributed by atoms with Gasteiger partial charge >= 0.3 is 0 Å². The number of nitrogens with one attached hydrogen (secondary N) is 1. The van der Waals surface area contributed by atoms with E-state index in [1.807, 2.05) is 25.1 Å². The van der Waals surface area contributed by atoms with Crippen LogP contribution in [-0.4, -0.2) is 25.5 Å². The van der Waals surface area contributed by atoms with Crippen LogP contribution in [-0.2, 0) is 0 Å². The van der Waals surface area contributed by atoms with Crippen LogP contribution in [0.2, 0.25) is 0 Å². The lowest BCUT2D eigenvalue weighted by Gasteiger charge is -2.23. The van der Waals surface area contributed by atoms with E-state index >= 15 is 0 Å². The Morgan fingerprint density at radius 3 is 2.58 bits per heavy atom. The summed E-state index contributed by atoms with van der Waals surface area (Å²) in [6.07, 6.45) is 5.05. The zero-order valence-corrected chi connectivity index (χ0v) is 11.6. The van der Waals surface area contributed by atoms with Gasteiger partial charge in [0.2, 0.25) is 0 Å². The Hall–Kier alpha value is -1.71. The predicted octanol–water partition coefficient (Wildman–Crippen LogP) is 2.40. The van der Waals surface area contributed by atoms with Gasteiger partial charge in [-0.3, -0.25) is 4.79 Å². The number of nitrogens with two attached hydrogens (primary N) is 1. The van der Waals surface area contributed by atoms with E-state index in [4.69, 9.17) is 5.73 Å². The topological polar surface area (TPSA) is 58.4 Å². The monoisotopic (exact) mass is 261 g/mol. The number of carbonyl (C=O) groups excluding carboxylic acids is 1. The third kappa shape index (κ3) is 3.40. The maximum atomic E-state index is 12.0. The molecule has 1 heterocycles. The fourth-order valence-electron chi connectivity index (χ4n) is 2.52. The molecule has 0 radical (unpaired) electrons. The molecule has 1 aliphatic rings. The van der Waals surface area contributed by atoms with Crippen molar-refractivity contribution in [2.24, 2.45) is 0 Å².